The van der Waals surface area contributed by atoms with Gasteiger partial charge in [0.25, 0.3) is 0 Å². The van der Waals surface area contributed by atoms with E-state index in [4.69, 9.17) is 4.43 Å². The first kappa shape index (κ1) is 13.9. The number of hydrogen-bond donors (Lipinski definition) is 1. The Hall–Kier alpha value is -0.193. The number of Topliss-reactive ketones (excluding diaryl/α,β-unsaturated/α-hetero) is 1. The molecule has 0 amide bonds. The largest absolute Gasteiger partial charge is 0.413 e. The van der Waals surface area contributed by atoms with Crippen molar-refractivity contribution in [2.24, 2.45) is 0 Å². The molecule has 1 saturated carbocycles. The van der Waals surface area contributed by atoms with Crippen molar-refractivity contribution in [3.05, 3.63) is 0 Å². The van der Waals surface area contributed by atoms with E-state index in [2.05, 4.69) is 33.9 Å². The van der Waals surface area contributed by atoms with E-state index >= 15 is 0 Å². The second-order valence-electron chi connectivity index (χ2n) is 6.34. The van der Waals surface area contributed by atoms with Gasteiger partial charge in [-0.3, -0.25) is 4.79 Å². The highest BCUT2D eigenvalue weighted by atomic mass is 28.4. The standard InChI is InChI=1S/C12H24O3Si/c1-12(2,3)16(4,5)15-11-7-9(13)6-10(14)8-11/h9,11,13H,6-8H2,1-5H3/t9-,11-/m1/s1. The third-order valence-corrected chi connectivity index (χ3v) is 8.26. The second kappa shape index (κ2) is 4.59. The van der Waals surface area contributed by atoms with E-state index in [1.807, 2.05) is 0 Å². The smallest absolute Gasteiger partial charge is 0.192 e. The monoisotopic (exact) mass is 244 g/mol. The van der Waals surface area contributed by atoms with Crippen LogP contribution in [0.15, 0.2) is 0 Å². The quantitative estimate of drug-likeness (QED) is 0.759. The lowest BCUT2D eigenvalue weighted by molar-refractivity contribution is -0.126. The highest BCUT2D eigenvalue weighted by Crippen LogP contribution is 2.38. The van der Waals surface area contributed by atoms with Crippen LogP contribution in [0.25, 0.3) is 0 Å². The van der Waals surface area contributed by atoms with Crippen LogP contribution in [-0.2, 0) is 9.22 Å². The number of ketones is 1. The summed E-state index contributed by atoms with van der Waals surface area (Å²) >= 11 is 0. The maximum atomic E-state index is 11.4. The lowest BCUT2D eigenvalue weighted by Crippen LogP contribution is -2.46. The van der Waals surface area contributed by atoms with Gasteiger partial charge in [-0.25, -0.2) is 0 Å². The van der Waals surface area contributed by atoms with Crippen molar-refractivity contribution >= 4 is 14.1 Å². The fraction of sp³-hybridized carbons (Fsp3) is 0.917. The van der Waals surface area contributed by atoms with Crippen molar-refractivity contribution in [2.75, 3.05) is 0 Å². The Balaban J connectivity index is 2.63. The minimum atomic E-state index is -1.81. The molecule has 0 radical (unpaired) electrons. The van der Waals surface area contributed by atoms with Gasteiger partial charge in [0.1, 0.15) is 5.78 Å². The van der Waals surface area contributed by atoms with Crippen LogP contribution >= 0.6 is 0 Å². The van der Waals surface area contributed by atoms with Gasteiger partial charge in [0.05, 0.1) is 12.2 Å². The van der Waals surface area contributed by atoms with Crippen LogP contribution < -0.4 is 0 Å². The fourth-order valence-corrected chi connectivity index (χ4v) is 3.12. The summed E-state index contributed by atoms with van der Waals surface area (Å²) in [5.74, 6) is 0.127. The van der Waals surface area contributed by atoms with Gasteiger partial charge >= 0.3 is 0 Å². The molecule has 1 aliphatic carbocycles. The molecule has 0 bridgehead atoms. The van der Waals surface area contributed by atoms with Crippen LogP contribution in [-0.4, -0.2) is 31.4 Å². The molecular formula is C12H24O3Si. The van der Waals surface area contributed by atoms with E-state index in [9.17, 15) is 9.90 Å². The van der Waals surface area contributed by atoms with Gasteiger partial charge in [0, 0.05) is 12.8 Å². The fourth-order valence-electron chi connectivity index (χ4n) is 1.75. The number of aliphatic hydroxyl groups is 1. The Morgan fingerprint density at radius 2 is 1.88 bits per heavy atom. The molecule has 0 aromatic heterocycles. The normalized spacial score (nSPS) is 28.2. The van der Waals surface area contributed by atoms with Gasteiger partial charge in [-0.1, -0.05) is 20.8 Å². The summed E-state index contributed by atoms with van der Waals surface area (Å²) in [6.07, 6.45) is 0.812. The highest BCUT2D eigenvalue weighted by molar-refractivity contribution is 6.74. The summed E-state index contributed by atoms with van der Waals surface area (Å²) in [5, 5.41) is 9.72. The first-order chi connectivity index (χ1) is 7.12. The molecular weight excluding hydrogens is 220 g/mol. The summed E-state index contributed by atoms with van der Waals surface area (Å²) in [4.78, 5) is 11.4. The van der Waals surface area contributed by atoms with Crippen LogP contribution in [0.2, 0.25) is 18.1 Å². The predicted molar refractivity (Wildman–Crippen MR) is 66.9 cm³/mol. The second-order valence-corrected chi connectivity index (χ2v) is 11.1. The summed E-state index contributed by atoms with van der Waals surface area (Å²) in [5.41, 5.74) is 0. The first-order valence-electron chi connectivity index (χ1n) is 5.99. The zero-order valence-electron chi connectivity index (χ0n) is 11.0. The lowest BCUT2D eigenvalue weighted by Gasteiger charge is -2.40. The Morgan fingerprint density at radius 1 is 1.31 bits per heavy atom. The maximum Gasteiger partial charge on any atom is 0.192 e. The van der Waals surface area contributed by atoms with Crippen LogP contribution in [0.3, 0.4) is 0 Å². The SMILES string of the molecule is CC(C)(C)[Si](C)(C)O[C@H]1CC(=O)C[C@@H](O)C1. The number of hydrogen-bond acceptors (Lipinski definition) is 3. The van der Waals surface area contributed by atoms with Crippen molar-refractivity contribution in [1.29, 1.82) is 0 Å². The van der Waals surface area contributed by atoms with Crippen LogP contribution in [0.4, 0.5) is 0 Å². The van der Waals surface area contributed by atoms with Crippen molar-refractivity contribution in [3.63, 3.8) is 0 Å². The molecule has 1 aliphatic rings. The minimum absolute atomic E-state index is 0.0721. The zero-order chi connectivity index (χ0) is 12.6. The average molecular weight is 244 g/mol. The molecule has 1 N–H and O–H groups in total. The van der Waals surface area contributed by atoms with Crippen LogP contribution in [0, 0.1) is 0 Å². The van der Waals surface area contributed by atoms with Gasteiger partial charge in [0.15, 0.2) is 8.32 Å². The average Bonchev–Trinajstić information content (AvgIpc) is 1.97. The Kier molecular flexibility index (Phi) is 3.98. The third-order valence-electron chi connectivity index (χ3n) is 3.72. The molecule has 0 aromatic carbocycles. The highest BCUT2D eigenvalue weighted by Gasteiger charge is 2.40. The van der Waals surface area contributed by atoms with Gasteiger partial charge in [0.2, 0.25) is 0 Å². The van der Waals surface area contributed by atoms with Gasteiger partial charge in [-0.05, 0) is 24.6 Å². The topological polar surface area (TPSA) is 46.5 Å². The van der Waals surface area contributed by atoms with E-state index in [1.54, 1.807) is 0 Å². The zero-order valence-corrected chi connectivity index (χ0v) is 12.0. The molecule has 2 atom stereocenters. The Labute approximate surface area is 99.3 Å². The number of carbonyl (C=O) groups excluding carboxylic acids is 1. The van der Waals surface area contributed by atoms with Crippen LogP contribution in [0.5, 0.6) is 0 Å². The number of aliphatic hydroxyl groups excluding tert-OH is 1. The van der Waals surface area contributed by atoms with E-state index in [0.29, 0.717) is 19.3 Å². The van der Waals surface area contributed by atoms with Gasteiger partial charge < -0.3 is 9.53 Å². The Bertz CT molecular complexity index is 268. The molecule has 0 saturated heterocycles. The van der Waals surface area contributed by atoms with E-state index < -0.39 is 14.4 Å². The molecule has 16 heavy (non-hydrogen) atoms. The molecule has 1 rings (SSSR count). The van der Waals surface area contributed by atoms with Crippen molar-refractivity contribution in [1.82, 2.24) is 0 Å². The third kappa shape index (κ3) is 3.40. The molecule has 0 aromatic rings. The van der Waals surface area contributed by atoms with E-state index in [1.165, 1.54) is 0 Å². The van der Waals surface area contributed by atoms with Crippen molar-refractivity contribution in [3.8, 4) is 0 Å². The summed E-state index contributed by atoms with van der Waals surface area (Å²) in [6, 6.07) is 0. The predicted octanol–water partition coefficient (Wildman–Crippen LogP) is 2.49. The molecule has 0 unspecified atom stereocenters. The minimum Gasteiger partial charge on any atom is -0.413 e. The molecule has 0 heterocycles. The Morgan fingerprint density at radius 3 is 2.31 bits per heavy atom. The maximum absolute atomic E-state index is 11.4. The number of rotatable bonds is 2. The molecule has 3 nitrogen and oxygen atoms in total. The van der Waals surface area contributed by atoms with Crippen LogP contribution in [0.1, 0.15) is 40.0 Å². The molecule has 94 valence electrons. The molecule has 1 fully saturated rings. The molecule has 0 spiro atoms. The summed E-state index contributed by atoms with van der Waals surface area (Å²) in [7, 11) is -1.81. The van der Waals surface area contributed by atoms with Crippen molar-refractivity contribution < 1.29 is 14.3 Å². The summed E-state index contributed by atoms with van der Waals surface area (Å²) < 4.78 is 6.14. The number of carbonyl (C=O) groups is 1. The lowest BCUT2D eigenvalue weighted by atomic mass is 9.94. The van der Waals surface area contributed by atoms with E-state index in [0.717, 1.165) is 0 Å². The van der Waals surface area contributed by atoms with Gasteiger partial charge in [-0.15, -0.1) is 0 Å². The first-order valence-corrected chi connectivity index (χ1v) is 8.90. The van der Waals surface area contributed by atoms with E-state index in [-0.39, 0.29) is 16.9 Å². The van der Waals surface area contributed by atoms with Gasteiger partial charge in [-0.2, -0.15) is 0 Å². The van der Waals surface area contributed by atoms with Crippen molar-refractivity contribution in [2.45, 2.75) is 70.4 Å². The molecule has 4 heteroatoms. The summed E-state index contributed by atoms with van der Waals surface area (Å²) in [6.45, 7) is 10.9. The molecule has 0 aliphatic heterocycles.